The van der Waals surface area contributed by atoms with Gasteiger partial charge in [0.2, 0.25) is 5.91 Å². The van der Waals surface area contributed by atoms with E-state index in [1.807, 2.05) is 0 Å². The van der Waals surface area contributed by atoms with Crippen molar-refractivity contribution in [3.05, 3.63) is 33.7 Å². The Morgan fingerprint density at radius 3 is 2.48 bits per heavy atom. The zero-order valence-electron chi connectivity index (χ0n) is 14.0. The highest BCUT2D eigenvalue weighted by Gasteiger charge is 2.23. The summed E-state index contributed by atoms with van der Waals surface area (Å²) in [4.78, 5) is 24.3. The number of carbonyl (C=O) groups excluding carboxylic acids is 2. The van der Waals surface area contributed by atoms with E-state index in [4.69, 9.17) is 23.2 Å². The van der Waals surface area contributed by atoms with Gasteiger partial charge < -0.3 is 16.0 Å². The second kappa shape index (κ2) is 8.54. The highest BCUT2D eigenvalue weighted by molar-refractivity contribution is 6.39. The average Bonchev–Trinajstić information content (AvgIpc) is 2.61. The molecule has 0 aromatic heterocycles. The van der Waals surface area contributed by atoms with Crippen LogP contribution in [0.1, 0.15) is 32.3 Å². The zero-order chi connectivity index (χ0) is 18.6. The molecule has 0 unspecified atom stereocenters. The Balaban J connectivity index is 2.49. The van der Waals surface area contributed by atoms with Gasteiger partial charge in [-0.15, -0.1) is 0 Å². The van der Waals surface area contributed by atoms with Crippen molar-refractivity contribution < 1.29 is 14.0 Å². The molecule has 0 saturated carbocycles. The summed E-state index contributed by atoms with van der Waals surface area (Å²) in [6, 6.07) is 2.39. The Morgan fingerprint density at radius 1 is 1.20 bits per heavy atom. The second-order valence-electron chi connectivity index (χ2n) is 6.03. The summed E-state index contributed by atoms with van der Waals surface area (Å²) in [7, 11) is 0. The molecule has 0 aliphatic carbocycles. The molecular formula is C17H20Cl2FN3O2. The van der Waals surface area contributed by atoms with Crippen molar-refractivity contribution >= 4 is 46.3 Å². The van der Waals surface area contributed by atoms with Crippen LogP contribution in [0.2, 0.25) is 5.02 Å². The fourth-order valence-electron chi connectivity index (χ4n) is 2.28. The van der Waals surface area contributed by atoms with Crippen LogP contribution in [0.5, 0.6) is 0 Å². The van der Waals surface area contributed by atoms with E-state index in [0.29, 0.717) is 13.1 Å². The Morgan fingerprint density at radius 2 is 1.84 bits per heavy atom. The van der Waals surface area contributed by atoms with Gasteiger partial charge >= 0.3 is 0 Å². The fraction of sp³-hybridized carbons (Fsp3) is 0.412. The molecule has 2 rings (SSSR count). The van der Waals surface area contributed by atoms with Crippen LogP contribution >= 0.6 is 23.2 Å². The molecule has 0 fully saturated rings. The van der Waals surface area contributed by atoms with Gasteiger partial charge in [0.15, 0.2) is 0 Å². The van der Waals surface area contributed by atoms with Gasteiger partial charge in [-0.25, -0.2) is 4.39 Å². The van der Waals surface area contributed by atoms with Gasteiger partial charge in [-0.3, -0.25) is 9.59 Å². The standard InChI is InChI=1S/C17H20Cl2FN3O2/c1-9(2)16(24)23-13-7-10(12(20)8-11(13)18)14-15(19)21-5-3-4-6-22-17(14)25/h7-9,21H,3-6H2,1-2H3,(H,22,25)(H,23,24)/b15-14-. The quantitative estimate of drug-likeness (QED) is 0.695. The van der Waals surface area contributed by atoms with Crippen molar-refractivity contribution in [1.29, 1.82) is 0 Å². The average molecular weight is 388 g/mol. The number of hydrogen-bond acceptors (Lipinski definition) is 3. The first-order valence-electron chi connectivity index (χ1n) is 8.03. The number of rotatable bonds is 3. The summed E-state index contributed by atoms with van der Waals surface area (Å²) in [6.45, 7) is 4.50. The molecule has 3 N–H and O–H groups in total. The molecule has 136 valence electrons. The summed E-state index contributed by atoms with van der Waals surface area (Å²) in [5.74, 6) is -1.72. The smallest absolute Gasteiger partial charge is 0.255 e. The van der Waals surface area contributed by atoms with Crippen molar-refractivity contribution in [2.75, 3.05) is 18.4 Å². The minimum Gasteiger partial charge on any atom is -0.375 e. The van der Waals surface area contributed by atoms with E-state index in [0.717, 1.165) is 18.9 Å². The third kappa shape index (κ3) is 4.86. The van der Waals surface area contributed by atoms with Crippen molar-refractivity contribution in [3.8, 4) is 0 Å². The lowest BCUT2D eigenvalue weighted by Crippen LogP contribution is -2.26. The highest BCUT2D eigenvalue weighted by atomic mass is 35.5. The van der Waals surface area contributed by atoms with Crippen LogP contribution in [0, 0.1) is 11.7 Å². The molecule has 0 atom stereocenters. The molecule has 0 bridgehead atoms. The normalized spacial score (nSPS) is 18.7. The number of amides is 2. The summed E-state index contributed by atoms with van der Waals surface area (Å²) < 4.78 is 14.5. The van der Waals surface area contributed by atoms with Gasteiger partial charge in [-0.1, -0.05) is 37.0 Å². The molecule has 1 heterocycles. The number of benzene rings is 1. The zero-order valence-corrected chi connectivity index (χ0v) is 15.5. The van der Waals surface area contributed by atoms with Crippen LogP contribution < -0.4 is 16.0 Å². The summed E-state index contributed by atoms with van der Waals surface area (Å²) in [5, 5.41) is 8.37. The lowest BCUT2D eigenvalue weighted by Gasteiger charge is -2.15. The van der Waals surface area contributed by atoms with E-state index in [-0.39, 0.29) is 38.8 Å². The van der Waals surface area contributed by atoms with E-state index >= 15 is 0 Å². The second-order valence-corrected chi connectivity index (χ2v) is 6.82. The Bertz CT molecular complexity index is 720. The molecule has 0 saturated heterocycles. The summed E-state index contributed by atoms with van der Waals surface area (Å²) >= 11 is 12.2. The van der Waals surface area contributed by atoms with E-state index in [1.54, 1.807) is 13.8 Å². The van der Waals surface area contributed by atoms with Gasteiger partial charge in [-0.2, -0.15) is 0 Å². The summed E-state index contributed by atoms with van der Waals surface area (Å²) in [6.07, 6.45) is 1.61. The van der Waals surface area contributed by atoms with E-state index in [1.165, 1.54) is 6.07 Å². The maximum Gasteiger partial charge on any atom is 0.255 e. The lowest BCUT2D eigenvalue weighted by molar-refractivity contribution is -0.119. The third-order valence-electron chi connectivity index (χ3n) is 3.72. The van der Waals surface area contributed by atoms with E-state index in [9.17, 15) is 14.0 Å². The van der Waals surface area contributed by atoms with Crippen LogP contribution in [0.3, 0.4) is 0 Å². The van der Waals surface area contributed by atoms with Gasteiger partial charge in [0.25, 0.3) is 5.91 Å². The minimum atomic E-state index is -0.697. The first-order valence-corrected chi connectivity index (χ1v) is 8.79. The van der Waals surface area contributed by atoms with Gasteiger partial charge in [0.05, 0.1) is 16.3 Å². The van der Waals surface area contributed by atoms with Crippen LogP contribution in [0.15, 0.2) is 17.3 Å². The number of nitrogens with one attached hydrogen (secondary N) is 3. The third-order valence-corrected chi connectivity index (χ3v) is 4.36. The molecule has 25 heavy (non-hydrogen) atoms. The van der Waals surface area contributed by atoms with E-state index < -0.39 is 11.7 Å². The van der Waals surface area contributed by atoms with E-state index in [2.05, 4.69) is 16.0 Å². The molecule has 8 heteroatoms. The number of halogens is 3. The van der Waals surface area contributed by atoms with Gasteiger partial charge in [0.1, 0.15) is 11.0 Å². The molecule has 0 radical (unpaired) electrons. The van der Waals surface area contributed by atoms with Crippen molar-refractivity contribution in [3.63, 3.8) is 0 Å². The first kappa shape index (κ1) is 19.5. The largest absolute Gasteiger partial charge is 0.375 e. The lowest BCUT2D eigenvalue weighted by atomic mass is 10.0. The van der Waals surface area contributed by atoms with Crippen LogP contribution in [0.4, 0.5) is 10.1 Å². The minimum absolute atomic E-state index is 0.0159. The number of carbonyl (C=O) groups is 2. The van der Waals surface area contributed by atoms with Gasteiger partial charge in [-0.05, 0) is 25.0 Å². The molecule has 5 nitrogen and oxygen atoms in total. The Labute approximate surface area is 155 Å². The Kier molecular flexibility index (Phi) is 6.67. The maximum atomic E-state index is 14.5. The Hall–Kier alpha value is -1.79. The van der Waals surface area contributed by atoms with Crippen LogP contribution in [-0.4, -0.2) is 24.9 Å². The van der Waals surface area contributed by atoms with Crippen molar-refractivity contribution in [2.45, 2.75) is 26.7 Å². The number of anilines is 1. The van der Waals surface area contributed by atoms with Crippen molar-refractivity contribution in [2.24, 2.45) is 5.92 Å². The SMILES string of the molecule is CC(C)C(=O)Nc1cc(/C2=C(\Cl)NCCCCNC2=O)c(F)cc1Cl. The molecular weight excluding hydrogens is 368 g/mol. The monoisotopic (exact) mass is 387 g/mol. The van der Waals surface area contributed by atoms with Crippen molar-refractivity contribution in [1.82, 2.24) is 10.6 Å². The highest BCUT2D eigenvalue weighted by Crippen LogP contribution is 2.32. The first-order chi connectivity index (χ1) is 11.8. The molecule has 1 aliphatic rings. The molecule has 1 aromatic carbocycles. The number of hydrogen-bond donors (Lipinski definition) is 3. The molecule has 1 aromatic rings. The maximum absolute atomic E-state index is 14.5. The van der Waals surface area contributed by atoms with Crippen LogP contribution in [0.25, 0.3) is 5.57 Å². The van der Waals surface area contributed by atoms with Crippen LogP contribution in [-0.2, 0) is 9.59 Å². The summed E-state index contributed by atoms with van der Waals surface area (Å²) in [5.41, 5.74) is 0.180. The molecule has 0 spiro atoms. The molecule has 2 amide bonds. The predicted octanol–water partition coefficient (Wildman–Crippen LogP) is 3.48. The fourth-order valence-corrected chi connectivity index (χ4v) is 2.76. The topological polar surface area (TPSA) is 70.2 Å². The predicted molar refractivity (Wildman–Crippen MR) is 97.9 cm³/mol. The van der Waals surface area contributed by atoms with Gasteiger partial charge in [0, 0.05) is 24.6 Å². The molecule has 1 aliphatic heterocycles.